The molecule has 0 heterocycles. The maximum Gasteiger partial charge on any atom is 0.383 e. The van der Waals surface area contributed by atoms with Gasteiger partial charge in [0.15, 0.2) is 0 Å². The molecule has 0 N–H and O–H groups in total. The van der Waals surface area contributed by atoms with Crippen LogP contribution >= 0.6 is 0 Å². The lowest BCUT2D eigenvalue weighted by Gasteiger charge is -2.02. The number of ether oxygens (including phenoxy) is 1. The highest BCUT2D eigenvalue weighted by molar-refractivity contribution is 5.92. The summed E-state index contributed by atoms with van der Waals surface area (Å²) in [6, 6.07) is 1.81. The minimum Gasteiger partial charge on any atom is -0.385 e. The van der Waals surface area contributed by atoms with Crippen LogP contribution in [0.1, 0.15) is 39.0 Å². The molecule has 0 aliphatic carbocycles. The van der Waals surface area contributed by atoms with Gasteiger partial charge in [-0.05, 0) is 19.3 Å². The number of rotatable bonds is 10. The van der Waals surface area contributed by atoms with Crippen molar-refractivity contribution in [3.63, 3.8) is 0 Å². The number of hydrogen-bond acceptors (Lipinski definition) is 5. The maximum atomic E-state index is 11.4. The van der Waals surface area contributed by atoms with E-state index in [-0.39, 0.29) is 5.57 Å². The second-order valence-electron chi connectivity index (χ2n) is 3.76. The molecule has 0 spiro atoms. The van der Waals surface area contributed by atoms with Crippen molar-refractivity contribution in [2.75, 3.05) is 20.3 Å². The molecule has 5 nitrogen and oxygen atoms in total. The van der Waals surface area contributed by atoms with Gasteiger partial charge in [0, 0.05) is 13.7 Å². The van der Waals surface area contributed by atoms with Crippen LogP contribution in [0.15, 0.2) is 11.6 Å². The first kappa shape index (κ1) is 16.6. The number of allylic oxidation sites excluding steroid dienone is 1. The monoisotopic (exact) mass is 255 g/mol. The zero-order valence-electron chi connectivity index (χ0n) is 11.1. The summed E-state index contributed by atoms with van der Waals surface area (Å²) < 4.78 is 4.86. The third kappa shape index (κ3) is 8.74. The number of unbranched alkanes of at least 4 members (excludes halogenated alkanes) is 3. The number of nitriles is 1. The van der Waals surface area contributed by atoms with Crippen LogP contribution in [0.2, 0.25) is 0 Å². The van der Waals surface area contributed by atoms with Crippen molar-refractivity contribution in [1.29, 1.82) is 5.26 Å². The summed E-state index contributed by atoms with van der Waals surface area (Å²) in [6.07, 6.45) is 5.81. The molecule has 0 amide bonds. The Bertz CT molecular complexity index is 294. The van der Waals surface area contributed by atoms with Crippen molar-refractivity contribution in [1.82, 2.24) is 0 Å². The van der Waals surface area contributed by atoms with Gasteiger partial charge in [0.25, 0.3) is 0 Å². The van der Waals surface area contributed by atoms with Crippen LogP contribution in [-0.2, 0) is 19.3 Å². The molecular formula is C13H21NO4. The number of nitrogens with zero attached hydrogens (tertiary/aromatic N) is 1. The summed E-state index contributed by atoms with van der Waals surface area (Å²) in [5.74, 6) is -0.722. The van der Waals surface area contributed by atoms with E-state index < -0.39 is 5.97 Å². The summed E-state index contributed by atoms with van der Waals surface area (Å²) in [7, 11) is 1.63. The Morgan fingerprint density at radius 2 is 2.00 bits per heavy atom. The fraction of sp³-hybridized carbons (Fsp3) is 0.692. The molecule has 0 saturated carbocycles. The van der Waals surface area contributed by atoms with Crippen LogP contribution in [0.3, 0.4) is 0 Å². The Balaban J connectivity index is 3.78. The van der Waals surface area contributed by atoms with Gasteiger partial charge >= 0.3 is 5.97 Å². The van der Waals surface area contributed by atoms with Gasteiger partial charge < -0.3 is 4.74 Å². The van der Waals surface area contributed by atoms with Gasteiger partial charge in [-0.1, -0.05) is 25.8 Å². The van der Waals surface area contributed by atoms with E-state index in [9.17, 15) is 4.79 Å². The zero-order valence-corrected chi connectivity index (χ0v) is 11.1. The second-order valence-corrected chi connectivity index (χ2v) is 3.76. The minimum absolute atomic E-state index is 0.000316. The van der Waals surface area contributed by atoms with Crippen LogP contribution in [0, 0.1) is 11.3 Å². The van der Waals surface area contributed by atoms with Crippen LogP contribution in [0.25, 0.3) is 0 Å². The summed E-state index contributed by atoms with van der Waals surface area (Å²) >= 11 is 0. The van der Waals surface area contributed by atoms with Crippen molar-refractivity contribution in [2.24, 2.45) is 0 Å². The Morgan fingerprint density at radius 3 is 2.61 bits per heavy atom. The lowest BCUT2D eigenvalue weighted by atomic mass is 10.2. The largest absolute Gasteiger partial charge is 0.385 e. The highest BCUT2D eigenvalue weighted by Crippen LogP contribution is 2.03. The maximum absolute atomic E-state index is 11.4. The van der Waals surface area contributed by atoms with Gasteiger partial charge in [-0.2, -0.15) is 10.1 Å². The molecule has 102 valence electrons. The summed E-state index contributed by atoms with van der Waals surface area (Å²) in [6.45, 7) is 3.00. The van der Waals surface area contributed by atoms with Gasteiger partial charge in [0.05, 0.1) is 6.61 Å². The van der Waals surface area contributed by atoms with Crippen LogP contribution in [-0.4, -0.2) is 26.3 Å². The molecular weight excluding hydrogens is 234 g/mol. The standard InChI is InChI=1S/C13H21NO4/c1-3-4-5-8-12(11-14)13(15)18-17-10-7-6-9-16-2/h8H,3-7,9-10H2,1-2H3. The Hall–Kier alpha value is -1.38. The van der Waals surface area contributed by atoms with E-state index in [0.29, 0.717) is 19.6 Å². The molecule has 0 bridgehead atoms. The molecule has 0 aliphatic heterocycles. The molecule has 18 heavy (non-hydrogen) atoms. The first-order chi connectivity index (χ1) is 8.76. The molecule has 0 aromatic rings. The van der Waals surface area contributed by atoms with Gasteiger partial charge in [-0.25, -0.2) is 4.79 Å². The lowest BCUT2D eigenvalue weighted by molar-refractivity contribution is -0.268. The van der Waals surface area contributed by atoms with Gasteiger partial charge in [0.2, 0.25) is 0 Å². The topological polar surface area (TPSA) is 68.6 Å². The smallest absolute Gasteiger partial charge is 0.383 e. The molecule has 0 radical (unpaired) electrons. The molecule has 0 saturated heterocycles. The number of hydrogen-bond donors (Lipinski definition) is 0. The van der Waals surface area contributed by atoms with Crippen molar-refractivity contribution in [2.45, 2.75) is 39.0 Å². The molecule has 0 rings (SSSR count). The molecule has 0 unspecified atom stereocenters. The van der Waals surface area contributed by atoms with Crippen molar-refractivity contribution in [3.8, 4) is 6.07 Å². The van der Waals surface area contributed by atoms with Gasteiger partial charge in [-0.3, -0.25) is 4.89 Å². The first-order valence-corrected chi connectivity index (χ1v) is 6.19. The van der Waals surface area contributed by atoms with Crippen LogP contribution < -0.4 is 0 Å². The average Bonchev–Trinajstić information content (AvgIpc) is 2.38. The highest BCUT2D eigenvalue weighted by Gasteiger charge is 2.10. The fourth-order valence-electron chi connectivity index (χ4n) is 1.17. The van der Waals surface area contributed by atoms with Crippen molar-refractivity contribution < 1.29 is 19.3 Å². The fourth-order valence-corrected chi connectivity index (χ4v) is 1.17. The SMILES string of the molecule is CCCCC=C(C#N)C(=O)OOCCCCOC. The van der Waals surface area contributed by atoms with E-state index in [1.54, 1.807) is 13.2 Å². The normalized spacial score (nSPS) is 11.1. The average molecular weight is 255 g/mol. The highest BCUT2D eigenvalue weighted by atomic mass is 17.2. The van der Waals surface area contributed by atoms with Crippen LogP contribution in [0.5, 0.6) is 0 Å². The lowest BCUT2D eigenvalue weighted by Crippen LogP contribution is -2.09. The van der Waals surface area contributed by atoms with Crippen LogP contribution in [0.4, 0.5) is 0 Å². The Morgan fingerprint density at radius 1 is 1.28 bits per heavy atom. The van der Waals surface area contributed by atoms with Crippen molar-refractivity contribution in [3.05, 3.63) is 11.6 Å². The molecule has 0 aromatic heterocycles. The number of carbonyl (C=O) groups is 1. The first-order valence-electron chi connectivity index (χ1n) is 6.19. The summed E-state index contributed by atoms with van der Waals surface area (Å²) in [5.41, 5.74) is 0.000316. The quantitative estimate of drug-likeness (QED) is 0.197. The third-order valence-electron chi connectivity index (χ3n) is 2.21. The zero-order chi connectivity index (χ0) is 13.6. The van der Waals surface area contributed by atoms with Crippen molar-refractivity contribution >= 4 is 5.97 Å². The molecule has 0 aromatic carbocycles. The Kier molecular flexibility index (Phi) is 11.2. The molecule has 5 heteroatoms. The Labute approximate surface area is 108 Å². The van der Waals surface area contributed by atoms with E-state index in [1.165, 1.54) is 0 Å². The second kappa shape index (κ2) is 12.1. The predicted molar refractivity (Wildman–Crippen MR) is 66.4 cm³/mol. The third-order valence-corrected chi connectivity index (χ3v) is 2.21. The van der Waals surface area contributed by atoms with Gasteiger partial charge in [0.1, 0.15) is 11.6 Å². The number of carbonyl (C=O) groups excluding carboxylic acids is 1. The van der Waals surface area contributed by atoms with Gasteiger partial charge in [-0.15, -0.1) is 0 Å². The van der Waals surface area contributed by atoms with E-state index in [1.807, 2.05) is 13.0 Å². The molecule has 0 atom stereocenters. The van der Waals surface area contributed by atoms with E-state index in [0.717, 1.165) is 25.7 Å². The molecule has 0 aliphatic rings. The predicted octanol–water partition coefficient (Wildman–Crippen LogP) is 2.53. The minimum atomic E-state index is -0.722. The van der Waals surface area contributed by atoms with E-state index >= 15 is 0 Å². The summed E-state index contributed by atoms with van der Waals surface area (Å²) in [5, 5.41) is 8.78. The molecule has 0 fully saturated rings. The summed E-state index contributed by atoms with van der Waals surface area (Å²) in [4.78, 5) is 20.7. The van der Waals surface area contributed by atoms with E-state index in [4.69, 9.17) is 14.9 Å². The number of methoxy groups -OCH3 is 1. The van der Waals surface area contributed by atoms with E-state index in [2.05, 4.69) is 4.89 Å².